The van der Waals surface area contributed by atoms with Crippen molar-refractivity contribution in [1.29, 1.82) is 0 Å². The number of halogens is 1. The summed E-state index contributed by atoms with van der Waals surface area (Å²) in [6.45, 7) is 4.77. The fraction of sp³-hybridized carbons (Fsp3) is 0.162. The van der Waals surface area contributed by atoms with Crippen molar-refractivity contribution in [2.45, 2.75) is 26.5 Å². The van der Waals surface area contributed by atoms with Gasteiger partial charge in [-0.3, -0.25) is 9.36 Å². The lowest BCUT2D eigenvalue weighted by molar-refractivity contribution is -0.138. The van der Waals surface area contributed by atoms with Gasteiger partial charge in [0.2, 0.25) is 0 Å². The van der Waals surface area contributed by atoms with Crippen LogP contribution in [0.3, 0.4) is 0 Å². The van der Waals surface area contributed by atoms with Gasteiger partial charge in [0.15, 0.2) is 4.80 Å². The molecule has 0 saturated carbocycles. The van der Waals surface area contributed by atoms with Crippen LogP contribution in [0.25, 0.3) is 11.8 Å². The van der Waals surface area contributed by atoms with E-state index in [0.29, 0.717) is 50.3 Å². The first-order valence-corrected chi connectivity index (χ1v) is 16.1. The molecule has 0 radical (unpaired) electrons. The van der Waals surface area contributed by atoms with Crippen LogP contribution < -0.4 is 24.4 Å². The molecule has 1 aromatic heterocycles. The average molecular weight is 651 g/mol. The van der Waals surface area contributed by atoms with Gasteiger partial charge >= 0.3 is 5.97 Å². The second kappa shape index (κ2) is 14.0. The largest absolute Gasteiger partial charge is 0.494 e. The molecule has 9 heteroatoms. The number of carbonyl (C=O) groups excluding carboxylic acids is 1. The lowest BCUT2D eigenvalue weighted by Crippen LogP contribution is -2.40. The van der Waals surface area contributed by atoms with Crippen LogP contribution in [0, 0.1) is 0 Å². The first kappa shape index (κ1) is 31.1. The van der Waals surface area contributed by atoms with Gasteiger partial charge in [0.05, 0.1) is 35.1 Å². The van der Waals surface area contributed by atoms with Crippen molar-refractivity contribution in [3.8, 4) is 11.5 Å². The van der Waals surface area contributed by atoms with Crippen molar-refractivity contribution in [3.05, 3.63) is 156 Å². The molecule has 0 spiro atoms. The first-order chi connectivity index (χ1) is 22.4. The number of esters is 1. The molecule has 232 valence electrons. The molecular weight excluding hydrogens is 620 g/mol. The Morgan fingerprint density at radius 3 is 2.30 bits per heavy atom. The van der Waals surface area contributed by atoms with Gasteiger partial charge in [-0.25, -0.2) is 9.79 Å². The van der Waals surface area contributed by atoms with Gasteiger partial charge in [0.25, 0.3) is 5.56 Å². The molecule has 4 aromatic carbocycles. The number of fused-ring (bicyclic) bond motifs is 1. The molecule has 0 bridgehead atoms. The van der Waals surface area contributed by atoms with Crippen molar-refractivity contribution >= 4 is 40.7 Å². The second-order valence-electron chi connectivity index (χ2n) is 10.4. The smallest absolute Gasteiger partial charge is 0.338 e. The lowest BCUT2D eigenvalue weighted by Gasteiger charge is -2.26. The molecule has 0 N–H and O–H groups in total. The number of nitrogens with zero attached hydrogens (tertiary/aromatic N) is 2. The summed E-state index contributed by atoms with van der Waals surface area (Å²) in [5.74, 6) is 0.871. The molecular formula is C37H31ClN2O5S. The van der Waals surface area contributed by atoms with E-state index in [1.54, 1.807) is 11.5 Å². The minimum absolute atomic E-state index is 0.184. The zero-order valence-electron chi connectivity index (χ0n) is 25.3. The minimum atomic E-state index is -0.759. The van der Waals surface area contributed by atoms with Crippen LogP contribution in [0.15, 0.2) is 118 Å². The molecule has 1 aliphatic heterocycles. The second-order valence-corrected chi connectivity index (χ2v) is 11.9. The third-order valence-electron chi connectivity index (χ3n) is 7.35. The van der Waals surface area contributed by atoms with E-state index in [2.05, 4.69) is 0 Å². The summed E-state index contributed by atoms with van der Waals surface area (Å²) in [6, 6.07) is 31.2. The molecule has 46 heavy (non-hydrogen) atoms. The Hall–Kier alpha value is -4.92. The van der Waals surface area contributed by atoms with Crippen molar-refractivity contribution in [3.63, 3.8) is 0 Å². The van der Waals surface area contributed by atoms with E-state index in [9.17, 15) is 9.59 Å². The Labute approximate surface area is 275 Å². The summed E-state index contributed by atoms with van der Waals surface area (Å²) in [5.41, 5.74) is 3.82. The Kier molecular flexibility index (Phi) is 9.47. The van der Waals surface area contributed by atoms with Gasteiger partial charge in [-0.15, -0.1) is 0 Å². The standard InChI is InChI=1S/C37H31ClN2O5S/c1-3-43-29-19-15-27(16-20-29)34-32(36(42)44-4-2)33(26-10-6-5-7-11-26)39-37-40(34)35(41)31(46-37)22-24-13-17-30(18-14-24)45-23-25-9-8-12-28(38)21-25/h5-22,34H,3-4,23H2,1-2H3/b31-22-/t34-/m0/s1. The predicted octanol–water partition coefficient (Wildman–Crippen LogP) is 6.57. The van der Waals surface area contributed by atoms with Crippen molar-refractivity contribution < 1.29 is 19.0 Å². The van der Waals surface area contributed by atoms with E-state index in [1.807, 2.05) is 116 Å². The first-order valence-electron chi connectivity index (χ1n) is 14.9. The molecule has 0 saturated heterocycles. The molecule has 0 fully saturated rings. The Balaban J connectivity index is 1.43. The van der Waals surface area contributed by atoms with Crippen LogP contribution in [-0.4, -0.2) is 23.8 Å². The van der Waals surface area contributed by atoms with E-state index < -0.39 is 12.0 Å². The summed E-state index contributed by atoms with van der Waals surface area (Å²) >= 11 is 7.37. The van der Waals surface area contributed by atoms with Crippen molar-refractivity contribution in [1.82, 2.24) is 4.57 Å². The number of thiazole rings is 1. The van der Waals surface area contributed by atoms with Crippen LogP contribution in [0.1, 0.15) is 42.1 Å². The highest BCUT2D eigenvalue weighted by atomic mass is 35.5. The van der Waals surface area contributed by atoms with E-state index in [1.165, 1.54) is 11.3 Å². The maximum Gasteiger partial charge on any atom is 0.338 e. The maximum atomic E-state index is 14.1. The maximum absolute atomic E-state index is 14.1. The van der Waals surface area contributed by atoms with E-state index in [4.69, 9.17) is 30.8 Å². The third-order valence-corrected chi connectivity index (χ3v) is 8.57. The van der Waals surface area contributed by atoms with Gasteiger partial charge in [-0.1, -0.05) is 89.7 Å². The van der Waals surface area contributed by atoms with Crippen LogP contribution in [0.4, 0.5) is 0 Å². The van der Waals surface area contributed by atoms with E-state index in [-0.39, 0.29) is 12.2 Å². The summed E-state index contributed by atoms with van der Waals surface area (Å²) in [7, 11) is 0. The van der Waals surface area contributed by atoms with E-state index >= 15 is 0 Å². The highest BCUT2D eigenvalue weighted by Crippen LogP contribution is 2.35. The highest BCUT2D eigenvalue weighted by Gasteiger charge is 2.35. The molecule has 0 amide bonds. The number of hydrogen-bond donors (Lipinski definition) is 0. The normalized spacial score (nSPS) is 14.4. The van der Waals surface area contributed by atoms with Crippen LogP contribution in [-0.2, 0) is 16.1 Å². The van der Waals surface area contributed by atoms with E-state index in [0.717, 1.165) is 22.3 Å². The summed E-state index contributed by atoms with van der Waals surface area (Å²) in [5, 5.41) is 0.660. The number of ether oxygens (including phenoxy) is 3. The SMILES string of the molecule is CCOC(=O)C1=C(c2ccccc2)N=c2s/c(=C\c3ccc(OCc4cccc(Cl)c4)cc3)c(=O)n2[C@H]1c1ccc(OCC)cc1. The Bertz CT molecular complexity index is 2070. The van der Waals surface area contributed by atoms with Gasteiger partial charge in [0.1, 0.15) is 18.1 Å². The van der Waals surface area contributed by atoms with Crippen LogP contribution in [0.5, 0.6) is 11.5 Å². The number of benzene rings is 4. The molecule has 1 atom stereocenters. The molecule has 0 unspecified atom stereocenters. The monoisotopic (exact) mass is 650 g/mol. The fourth-order valence-corrected chi connectivity index (χ4v) is 6.49. The topological polar surface area (TPSA) is 79.1 Å². The Morgan fingerprint density at radius 1 is 0.891 bits per heavy atom. The fourth-order valence-electron chi connectivity index (χ4n) is 5.27. The molecule has 0 aliphatic carbocycles. The number of aromatic nitrogens is 1. The summed E-state index contributed by atoms with van der Waals surface area (Å²) in [6.07, 6.45) is 1.83. The van der Waals surface area contributed by atoms with Crippen molar-refractivity contribution in [2.75, 3.05) is 13.2 Å². The van der Waals surface area contributed by atoms with Gasteiger partial charge in [-0.2, -0.15) is 0 Å². The highest BCUT2D eigenvalue weighted by molar-refractivity contribution is 7.07. The number of rotatable bonds is 10. The zero-order valence-corrected chi connectivity index (χ0v) is 26.9. The molecule has 6 rings (SSSR count). The third kappa shape index (κ3) is 6.68. The minimum Gasteiger partial charge on any atom is -0.494 e. The van der Waals surface area contributed by atoms with Gasteiger partial charge < -0.3 is 14.2 Å². The molecule has 1 aliphatic rings. The Morgan fingerprint density at radius 2 is 1.61 bits per heavy atom. The average Bonchev–Trinajstić information content (AvgIpc) is 3.38. The van der Waals surface area contributed by atoms with Gasteiger partial charge in [-0.05, 0) is 73.0 Å². The molecule has 2 heterocycles. The summed E-state index contributed by atoms with van der Waals surface area (Å²) in [4.78, 5) is 33.2. The number of hydrogen-bond acceptors (Lipinski definition) is 7. The zero-order chi connectivity index (χ0) is 32.0. The quantitative estimate of drug-likeness (QED) is 0.160. The lowest BCUT2D eigenvalue weighted by atomic mass is 9.93. The van der Waals surface area contributed by atoms with Crippen molar-refractivity contribution in [2.24, 2.45) is 4.99 Å². The molecule has 7 nitrogen and oxygen atoms in total. The predicted molar refractivity (Wildman–Crippen MR) is 181 cm³/mol. The van der Waals surface area contributed by atoms with Crippen LogP contribution in [0.2, 0.25) is 5.02 Å². The molecule has 5 aromatic rings. The summed E-state index contributed by atoms with van der Waals surface area (Å²) < 4.78 is 19.2. The number of carbonyl (C=O) groups is 1. The van der Waals surface area contributed by atoms with Crippen LogP contribution >= 0.6 is 22.9 Å². The van der Waals surface area contributed by atoms with Gasteiger partial charge in [0, 0.05) is 10.6 Å².